The van der Waals surface area contributed by atoms with E-state index in [-0.39, 0.29) is 23.0 Å². The third-order valence-corrected chi connectivity index (χ3v) is 4.87. The number of amides is 1. The molecule has 0 aliphatic rings. The molecule has 1 N–H and O–H groups in total. The summed E-state index contributed by atoms with van der Waals surface area (Å²) in [6.07, 6.45) is 0.226. The smallest absolute Gasteiger partial charge is 0.262 e. The largest absolute Gasteiger partial charge is 0.494 e. The number of likely N-dealkylation sites (N-methyl/N-ethyl adjacent to an activating group) is 1. The van der Waals surface area contributed by atoms with Gasteiger partial charge in [-0.3, -0.25) is 9.52 Å². The molecule has 0 aliphatic carbocycles. The summed E-state index contributed by atoms with van der Waals surface area (Å²) in [4.78, 5) is 12.9. The van der Waals surface area contributed by atoms with Crippen molar-refractivity contribution < 1.29 is 22.3 Å². The Kier molecular flexibility index (Phi) is 5.63. The lowest BCUT2D eigenvalue weighted by molar-refractivity contribution is -0.127. The highest BCUT2D eigenvalue weighted by Crippen LogP contribution is 2.22. The van der Waals surface area contributed by atoms with Crippen molar-refractivity contribution in [2.75, 3.05) is 25.9 Å². The van der Waals surface area contributed by atoms with Crippen LogP contribution in [-0.4, -0.2) is 40.4 Å². The number of nitrogens with zero attached hydrogens (tertiary/aromatic N) is 1. The molecular weight excluding hydrogens is 347 g/mol. The molecule has 0 unspecified atom stereocenters. The zero-order chi connectivity index (χ0) is 18.6. The average molecular weight is 366 g/mol. The van der Waals surface area contributed by atoms with Crippen LogP contribution in [0, 0.1) is 5.82 Å². The van der Waals surface area contributed by atoms with Gasteiger partial charge in [0.15, 0.2) is 11.6 Å². The minimum atomic E-state index is -3.93. The normalized spacial score (nSPS) is 11.0. The Morgan fingerprint density at radius 2 is 1.80 bits per heavy atom. The molecule has 0 saturated heterocycles. The highest BCUT2D eigenvalue weighted by atomic mass is 32.2. The predicted molar refractivity (Wildman–Crippen MR) is 92.6 cm³/mol. The highest BCUT2D eigenvalue weighted by Gasteiger charge is 2.17. The van der Waals surface area contributed by atoms with E-state index < -0.39 is 15.8 Å². The van der Waals surface area contributed by atoms with E-state index in [4.69, 9.17) is 4.74 Å². The SMILES string of the molecule is COc1ccc(S(=O)(=O)Nc2ccc(CC(=O)N(C)C)cc2)cc1F. The van der Waals surface area contributed by atoms with E-state index in [0.717, 1.165) is 11.6 Å². The van der Waals surface area contributed by atoms with Gasteiger partial charge >= 0.3 is 0 Å². The van der Waals surface area contributed by atoms with Gasteiger partial charge < -0.3 is 9.64 Å². The van der Waals surface area contributed by atoms with Crippen LogP contribution in [0.25, 0.3) is 0 Å². The fourth-order valence-electron chi connectivity index (χ4n) is 2.05. The number of anilines is 1. The second-order valence-electron chi connectivity index (χ2n) is 5.56. The molecule has 0 fully saturated rings. The van der Waals surface area contributed by atoms with Crippen molar-refractivity contribution in [1.82, 2.24) is 4.90 Å². The maximum atomic E-state index is 13.7. The third kappa shape index (κ3) is 4.69. The minimum absolute atomic E-state index is 0.0335. The van der Waals surface area contributed by atoms with Crippen LogP contribution in [0.4, 0.5) is 10.1 Å². The first-order valence-corrected chi connectivity index (χ1v) is 8.86. The van der Waals surface area contributed by atoms with Gasteiger partial charge in [0.05, 0.1) is 18.4 Å². The molecule has 2 aromatic carbocycles. The second-order valence-corrected chi connectivity index (χ2v) is 7.25. The van der Waals surface area contributed by atoms with E-state index in [0.29, 0.717) is 5.69 Å². The molecule has 2 aromatic rings. The maximum Gasteiger partial charge on any atom is 0.262 e. The molecule has 8 heteroatoms. The van der Waals surface area contributed by atoms with Gasteiger partial charge in [0, 0.05) is 19.8 Å². The van der Waals surface area contributed by atoms with Crippen molar-refractivity contribution in [1.29, 1.82) is 0 Å². The molecule has 0 radical (unpaired) electrons. The zero-order valence-corrected chi connectivity index (χ0v) is 14.9. The third-order valence-electron chi connectivity index (χ3n) is 3.49. The number of ether oxygens (including phenoxy) is 1. The summed E-state index contributed by atoms with van der Waals surface area (Å²) < 4.78 is 45.5. The monoisotopic (exact) mass is 366 g/mol. The molecule has 0 spiro atoms. The first-order chi connectivity index (χ1) is 11.7. The number of benzene rings is 2. The molecule has 0 saturated carbocycles. The van der Waals surface area contributed by atoms with Crippen LogP contribution >= 0.6 is 0 Å². The zero-order valence-electron chi connectivity index (χ0n) is 14.1. The number of halogens is 1. The van der Waals surface area contributed by atoms with Gasteiger partial charge in [0.25, 0.3) is 10.0 Å². The number of nitrogens with one attached hydrogen (secondary N) is 1. The molecular formula is C17H19FN2O4S. The second kappa shape index (κ2) is 7.52. The Morgan fingerprint density at radius 3 is 2.32 bits per heavy atom. The van der Waals surface area contributed by atoms with Gasteiger partial charge in [-0.2, -0.15) is 0 Å². The van der Waals surface area contributed by atoms with Crippen molar-refractivity contribution in [2.24, 2.45) is 0 Å². The van der Waals surface area contributed by atoms with Crippen LogP contribution in [0.5, 0.6) is 5.75 Å². The fourth-order valence-corrected chi connectivity index (χ4v) is 3.12. The molecule has 0 heterocycles. The Balaban J connectivity index is 2.15. The molecule has 2 rings (SSSR count). The first-order valence-electron chi connectivity index (χ1n) is 7.38. The summed E-state index contributed by atoms with van der Waals surface area (Å²) in [5.74, 6) is -0.848. The summed E-state index contributed by atoms with van der Waals surface area (Å²) in [6, 6.07) is 9.83. The van der Waals surface area contributed by atoms with Crippen molar-refractivity contribution in [3.63, 3.8) is 0 Å². The minimum Gasteiger partial charge on any atom is -0.494 e. The fraction of sp³-hybridized carbons (Fsp3) is 0.235. The molecule has 0 bridgehead atoms. The topological polar surface area (TPSA) is 75.7 Å². The van der Waals surface area contributed by atoms with E-state index in [1.165, 1.54) is 24.1 Å². The van der Waals surface area contributed by atoms with Crippen LogP contribution in [0.2, 0.25) is 0 Å². The van der Waals surface area contributed by atoms with Crippen LogP contribution in [0.3, 0.4) is 0 Å². The van der Waals surface area contributed by atoms with Crippen LogP contribution in [-0.2, 0) is 21.2 Å². The number of sulfonamides is 1. The Labute approximate surface area is 146 Å². The van der Waals surface area contributed by atoms with Crippen LogP contribution < -0.4 is 9.46 Å². The van der Waals surface area contributed by atoms with E-state index >= 15 is 0 Å². The van der Waals surface area contributed by atoms with Crippen molar-refractivity contribution in [3.05, 3.63) is 53.8 Å². The van der Waals surface area contributed by atoms with Crippen molar-refractivity contribution in [2.45, 2.75) is 11.3 Å². The van der Waals surface area contributed by atoms with Crippen LogP contribution in [0.15, 0.2) is 47.4 Å². The maximum absolute atomic E-state index is 13.7. The van der Waals surface area contributed by atoms with E-state index in [2.05, 4.69) is 4.72 Å². The van der Waals surface area contributed by atoms with Gasteiger partial charge in [-0.05, 0) is 35.9 Å². The van der Waals surface area contributed by atoms with Gasteiger partial charge in [0.2, 0.25) is 5.91 Å². The van der Waals surface area contributed by atoms with Gasteiger partial charge in [-0.25, -0.2) is 12.8 Å². The van der Waals surface area contributed by atoms with Gasteiger partial charge in [-0.15, -0.1) is 0 Å². The first kappa shape index (κ1) is 18.7. The molecule has 25 heavy (non-hydrogen) atoms. The number of rotatable bonds is 6. The standard InChI is InChI=1S/C17H19FN2O4S/c1-20(2)17(21)10-12-4-6-13(7-5-12)19-25(22,23)14-8-9-16(24-3)15(18)11-14/h4-9,11,19H,10H2,1-3H3. The summed E-state index contributed by atoms with van der Waals surface area (Å²) in [5.41, 5.74) is 1.08. The Hall–Kier alpha value is -2.61. The Bertz CT molecular complexity index is 865. The number of hydrogen-bond acceptors (Lipinski definition) is 4. The van der Waals surface area contributed by atoms with E-state index in [1.54, 1.807) is 38.4 Å². The number of hydrogen-bond donors (Lipinski definition) is 1. The lowest BCUT2D eigenvalue weighted by atomic mass is 10.1. The molecule has 6 nitrogen and oxygen atoms in total. The lowest BCUT2D eigenvalue weighted by Crippen LogP contribution is -2.23. The molecule has 0 aromatic heterocycles. The average Bonchev–Trinajstić information content (AvgIpc) is 2.56. The number of carbonyl (C=O) groups excluding carboxylic acids is 1. The Morgan fingerprint density at radius 1 is 1.16 bits per heavy atom. The molecule has 1 amide bonds. The van der Waals surface area contributed by atoms with Gasteiger partial charge in [0.1, 0.15) is 0 Å². The van der Waals surface area contributed by atoms with Crippen molar-refractivity contribution in [3.8, 4) is 5.75 Å². The lowest BCUT2D eigenvalue weighted by Gasteiger charge is -2.11. The van der Waals surface area contributed by atoms with E-state index in [9.17, 15) is 17.6 Å². The molecule has 0 atom stereocenters. The molecule has 134 valence electrons. The van der Waals surface area contributed by atoms with Crippen molar-refractivity contribution >= 4 is 21.6 Å². The number of methoxy groups -OCH3 is 1. The van der Waals surface area contributed by atoms with Crippen LogP contribution in [0.1, 0.15) is 5.56 Å². The quantitative estimate of drug-likeness (QED) is 0.851. The summed E-state index contributed by atoms with van der Waals surface area (Å²) in [6.45, 7) is 0. The van der Waals surface area contributed by atoms with E-state index in [1.807, 2.05) is 0 Å². The summed E-state index contributed by atoms with van der Waals surface area (Å²) >= 11 is 0. The number of carbonyl (C=O) groups is 1. The highest BCUT2D eigenvalue weighted by molar-refractivity contribution is 7.92. The summed E-state index contributed by atoms with van der Waals surface area (Å²) in [5, 5.41) is 0. The molecule has 0 aliphatic heterocycles. The predicted octanol–water partition coefficient (Wildman–Crippen LogP) is 2.27. The van der Waals surface area contributed by atoms with Gasteiger partial charge in [-0.1, -0.05) is 12.1 Å². The summed E-state index contributed by atoms with van der Waals surface area (Å²) in [7, 11) is 0.699.